The van der Waals surface area contributed by atoms with Gasteiger partial charge in [-0.15, -0.1) is 0 Å². The van der Waals surface area contributed by atoms with Crippen LogP contribution in [0.15, 0.2) is 42.5 Å². The zero-order valence-electron chi connectivity index (χ0n) is 11.5. The Morgan fingerprint density at radius 2 is 1.74 bits per heavy atom. The predicted octanol–water partition coefficient (Wildman–Crippen LogP) is 3.92. The van der Waals surface area contributed by atoms with Crippen molar-refractivity contribution in [2.24, 2.45) is 5.73 Å². The predicted molar refractivity (Wildman–Crippen MR) is 77.8 cm³/mol. The van der Waals surface area contributed by atoms with Crippen molar-refractivity contribution in [1.29, 1.82) is 0 Å². The minimum Gasteiger partial charge on any atom is -0.330 e. The first kappa shape index (κ1) is 13.8. The van der Waals surface area contributed by atoms with E-state index in [0.717, 1.165) is 12.0 Å². The molecule has 1 atom stereocenters. The lowest BCUT2D eigenvalue weighted by atomic mass is 9.87. The Morgan fingerprint density at radius 1 is 1.00 bits per heavy atom. The highest BCUT2D eigenvalue weighted by molar-refractivity contribution is 5.37. The number of hydrogen-bond acceptors (Lipinski definition) is 1. The van der Waals surface area contributed by atoms with Gasteiger partial charge in [-0.1, -0.05) is 30.3 Å². The van der Waals surface area contributed by atoms with Crippen LogP contribution < -0.4 is 5.73 Å². The van der Waals surface area contributed by atoms with Crippen molar-refractivity contribution in [1.82, 2.24) is 0 Å². The van der Waals surface area contributed by atoms with E-state index in [1.807, 2.05) is 6.07 Å². The van der Waals surface area contributed by atoms with Gasteiger partial charge in [-0.05, 0) is 61.2 Å². The summed E-state index contributed by atoms with van der Waals surface area (Å²) in [6, 6.07) is 13.2. The average Bonchev–Trinajstić information content (AvgIpc) is 2.39. The molecule has 100 valence electrons. The van der Waals surface area contributed by atoms with Crippen LogP contribution in [0.5, 0.6) is 0 Å². The highest BCUT2D eigenvalue weighted by Crippen LogP contribution is 2.29. The summed E-state index contributed by atoms with van der Waals surface area (Å²) in [5.41, 5.74) is 10.5. The molecule has 0 saturated heterocycles. The number of nitrogens with two attached hydrogens (primary N) is 1. The third-order valence-corrected chi connectivity index (χ3v) is 3.64. The molecule has 1 nitrogen and oxygen atoms in total. The zero-order valence-corrected chi connectivity index (χ0v) is 11.5. The fourth-order valence-corrected chi connectivity index (χ4v) is 2.40. The van der Waals surface area contributed by atoms with E-state index in [-0.39, 0.29) is 11.7 Å². The number of benzene rings is 2. The van der Waals surface area contributed by atoms with Crippen LogP contribution in [-0.4, -0.2) is 6.54 Å². The molecule has 1 unspecified atom stereocenters. The highest BCUT2D eigenvalue weighted by Gasteiger charge is 2.14. The second kappa shape index (κ2) is 5.98. The van der Waals surface area contributed by atoms with Crippen molar-refractivity contribution in [3.8, 4) is 0 Å². The van der Waals surface area contributed by atoms with E-state index in [1.54, 1.807) is 12.1 Å². The molecule has 0 heterocycles. The standard InChI is InChI=1S/C17H20FN/c1-12-6-7-15(10-13(12)2)17(8-9-19)14-4-3-5-16(18)11-14/h3-7,10-11,17H,8-9,19H2,1-2H3. The van der Waals surface area contributed by atoms with E-state index in [2.05, 4.69) is 32.0 Å². The summed E-state index contributed by atoms with van der Waals surface area (Å²) in [5.74, 6) is -0.0247. The lowest BCUT2D eigenvalue weighted by molar-refractivity contribution is 0.620. The average molecular weight is 257 g/mol. The first-order valence-electron chi connectivity index (χ1n) is 6.64. The molecule has 0 aliphatic heterocycles. The first-order chi connectivity index (χ1) is 9.11. The molecule has 2 aromatic carbocycles. The van der Waals surface area contributed by atoms with Crippen LogP contribution in [0.3, 0.4) is 0 Å². The third-order valence-electron chi connectivity index (χ3n) is 3.64. The molecule has 0 fully saturated rings. The van der Waals surface area contributed by atoms with Gasteiger partial charge in [-0.3, -0.25) is 0 Å². The molecular formula is C17H20FN. The number of hydrogen-bond donors (Lipinski definition) is 1. The summed E-state index contributed by atoms with van der Waals surface area (Å²) in [7, 11) is 0. The summed E-state index contributed by atoms with van der Waals surface area (Å²) in [6.45, 7) is 4.79. The van der Waals surface area contributed by atoms with Crippen LogP contribution in [0.25, 0.3) is 0 Å². The molecule has 0 aliphatic rings. The Kier molecular flexibility index (Phi) is 4.33. The molecule has 19 heavy (non-hydrogen) atoms. The van der Waals surface area contributed by atoms with Crippen LogP contribution in [0.1, 0.15) is 34.6 Å². The Bertz CT molecular complexity index is 563. The summed E-state index contributed by atoms with van der Waals surface area (Å²) >= 11 is 0. The first-order valence-corrected chi connectivity index (χ1v) is 6.64. The minimum absolute atomic E-state index is 0.167. The molecule has 0 aromatic heterocycles. The molecule has 0 bridgehead atoms. The largest absolute Gasteiger partial charge is 0.330 e. The Labute approximate surface area is 114 Å². The number of halogens is 1. The minimum atomic E-state index is -0.191. The van der Waals surface area contributed by atoms with Gasteiger partial charge in [0, 0.05) is 5.92 Å². The van der Waals surface area contributed by atoms with Gasteiger partial charge in [0.15, 0.2) is 0 Å². The topological polar surface area (TPSA) is 26.0 Å². The second-order valence-electron chi connectivity index (χ2n) is 5.03. The quantitative estimate of drug-likeness (QED) is 0.882. The number of rotatable bonds is 4. The molecule has 0 spiro atoms. The van der Waals surface area contributed by atoms with E-state index in [1.165, 1.54) is 22.8 Å². The Hall–Kier alpha value is -1.67. The van der Waals surface area contributed by atoms with Crippen LogP contribution in [0.2, 0.25) is 0 Å². The van der Waals surface area contributed by atoms with Crippen LogP contribution >= 0.6 is 0 Å². The smallest absolute Gasteiger partial charge is 0.123 e. The maximum absolute atomic E-state index is 13.4. The SMILES string of the molecule is Cc1ccc(C(CCN)c2cccc(F)c2)cc1C. The third kappa shape index (κ3) is 3.21. The summed E-state index contributed by atoms with van der Waals surface area (Å²) in [5, 5.41) is 0. The van der Waals surface area contributed by atoms with E-state index in [9.17, 15) is 4.39 Å². The van der Waals surface area contributed by atoms with Crippen molar-refractivity contribution in [2.45, 2.75) is 26.2 Å². The molecule has 0 aliphatic carbocycles. The second-order valence-corrected chi connectivity index (χ2v) is 5.03. The monoisotopic (exact) mass is 257 g/mol. The van der Waals surface area contributed by atoms with Crippen molar-refractivity contribution in [3.05, 3.63) is 70.5 Å². The zero-order chi connectivity index (χ0) is 13.8. The summed E-state index contributed by atoms with van der Waals surface area (Å²) in [4.78, 5) is 0. The van der Waals surface area contributed by atoms with Gasteiger partial charge in [0.05, 0.1) is 0 Å². The Morgan fingerprint density at radius 3 is 2.37 bits per heavy atom. The maximum Gasteiger partial charge on any atom is 0.123 e. The summed E-state index contributed by atoms with van der Waals surface area (Å²) in [6.07, 6.45) is 0.825. The van der Waals surface area contributed by atoms with E-state index in [4.69, 9.17) is 5.73 Å². The highest BCUT2D eigenvalue weighted by atomic mass is 19.1. The van der Waals surface area contributed by atoms with E-state index < -0.39 is 0 Å². The molecule has 0 saturated carbocycles. The molecule has 2 aromatic rings. The van der Waals surface area contributed by atoms with Gasteiger partial charge in [-0.25, -0.2) is 4.39 Å². The lowest BCUT2D eigenvalue weighted by Crippen LogP contribution is -2.09. The van der Waals surface area contributed by atoms with Gasteiger partial charge in [0.2, 0.25) is 0 Å². The van der Waals surface area contributed by atoms with E-state index >= 15 is 0 Å². The normalized spacial score (nSPS) is 12.4. The molecule has 2 rings (SSSR count). The molecule has 0 radical (unpaired) electrons. The van der Waals surface area contributed by atoms with Gasteiger partial charge in [-0.2, -0.15) is 0 Å². The maximum atomic E-state index is 13.4. The number of aryl methyl sites for hydroxylation is 2. The lowest BCUT2D eigenvalue weighted by Gasteiger charge is -2.18. The van der Waals surface area contributed by atoms with Crippen molar-refractivity contribution in [2.75, 3.05) is 6.54 Å². The van der Waals surface area contributed by atoms with Crippen LogP contribution in [0.4, 0.5) is 4.39 Å². The Balaban J connectivity index is 2.42. The van der Waals surface area contributed by atoms with Crippen molar-refractivity contribution >= 4 is 0 Å². The fraction of sp³-hybridized carbons (Fsp3) is 0.294. The van der Waals surface area contributed by atoms with Gasteiger partial charge in [0.1, 0.15) is 5.82 Å². The van der Waals surface area contributed by atoms with E-state index in [0.29, 0.717) is 6.54 Å². The van der Waals surface area contributed by atoms with Crippen LogP contribution in [0, 0.1) is 19.7 Å². The molecule has 2 heteroatoms. The van der Waals surface area contributed by atoms with Gasteiger partial charge >= 0.3 is 0 Å². The van der Waals surface area contributed by atoms with Gasteiger partial charge < -0.3 is 5.73 Å². The molecule has 0 amide bonds. The van der Waals surface area contributed by atoms with Crippen LogP contribution in [-0.2, 0) is 0 Å². The fourth-order valence-electron chi connectivity index (χ4n) is 2.40. The van der Waals surface area contributed by atoms with Gasteiger partial charge in [0.25, 0.3) is 0 Å². The molecule has 2 N–H and O–H groups in total. The summed E-state index contributed by atoms with van der Waals surface area (Å²) < 4.78 is 13.4. The molecular weight excluding hydrogens is 237 g/mol. The van der Waals surface area contributed by atoms with Crippen molar-refractivity contribution in [3.63, 3.8) is 0 Å². The van der Waals surface area contributed by atoms with Crippen molar-refractivity contribution < 1.29 is 4.39 Å².